The van der Waals surface area contributed by atoms with E-state index in [2.05, 4.69) is 0 Å². The highest BCUT2D eigenvalue weighted by Crippen LogP contribution is 2.34. The molecule has 0 radical (unpaired) electrons. The van der Waals surface area contributed by atoms with E-state index in [4.69, 9.17) is 14.2 Å². The SMILES string of the molecule is CCCCOC(=O)C1(O)C[C@H](OC(=O)C=Cc2ccc(O)c(O)c2)C(O)[C@H](OC(=O)C=Cc2ccc(O)c(O)c2)C1. The molecule has 2 aromatic rings. The number of phenolic OH excluding ortho intramolecular Hbond substituents is 4. The molecule has 3 rings (SSSR count). The van der Waals surface area contributed by atoms with Crippen LogP contribution in [0.1, 0.15) is 43.7 Å². The first-order valence-corrected chi connectivity index (χ1v) is 12.8. The van der Waals surface area contributed by atoms with Crippen LogP contribution in [0.25, 0.3) is 12.2 Å². The molecule has 0 amide bonds. The molecular weight excluding hydrogens is 540 g/mol. The van der Waals surface area contributed by atoms with Crippen molar-refractivity contribution in [3.63, 3.8) is 0 Å². The Hall–Kier alpha value is -4.55. The van der Waals surface area contributed by atoms with Crippen LogP contribution >= 0.6 is 0 Å². The fourth-order valence-electron chi connectivity index (χ4n) is 4.06. The second kappa shape index (κ2) is 13.7. The smallest absolute Gasteiger partial charge is 0.338 e. The standard InChI is InChI=1S/C29H32O12/c1-2-3-12-39-28(37)29(38)15-23(40-25(34)10-6-17-4-8-19(30)21(32)13-17)27(36)24(16-29)41-26(35)11-7-18-5-9-20(31)22(33)14-18/h4-11,13-14,23-24,27,30-33,36,38H,2-3,12,15-16H2,1H3/t23-,24+,27?,29?. The molecule has 0 saturated heterocycles. The maximum Gasteiger partial charge on any atom is 0.338 e. The number of ether oxygens (including phenoxy) is 3. The molecule has 2 aromatic carbocycles. The summed E-state index contributed by atoms with van der Waals surface area (Å²) in [6.07, 6.45) is 0.107. The van der Waals surface area contributed by atoms with Crippen LogP contribution in [0, 0.1) is 0 Å². The summed E-state index contributed by atoms with van der Waals surface area (Å²) in [6, 6.07) is 7.66. The molecule has 1 aliphatic carbocycles. The lowest BCUT2D eigenvalue weighted by Gasteiger charge is -2.41. The first-order valence-electron chi connectivity index (χ1n) is 12.8. The van der Waals surface area contributed by atoms with Crippen molar-refractivity contribution in [3.8, 4) is 23.0 Å². The minimum absolute atomic E-state index is 0.0273. The maximum atomic E-state index is 12.8. The first kappa shape index (κ1) is 31.0. The lowest BCUT2D eigenvalue weighted by molar-refractivity contribution is -0.206. The van der Waals surface area contributed by atoms with Crippen LogP contribution in [0.3, 0.4) is 0 Å². The molecular formula is C29H32O12. The quantitative estimate of drug-likeness (QED) is 0.0799. The van der Waals surface area contributed by atoms with Crippen LogP contribution in [-0.2, 0) is 28.6 Å². The Kier molecular flexibility index (Phi) is 10.3. The van der Waals surface area contributed by atoms with E-state index in [-0.39, 0.29) is 18.1 Å². The maximum absolute atomic E-state index is 12.8. The number of hydrogen-bond donors (Lipinski definition) is 6. The number of benzene rings is 2. The van der Waals surface area contributed by atoms with Crippen LogP contribution in [-0.4, -0.2) is 79.1 Å². The Morgan fingerprint density at radius 3 is 1.71 bits per heavy atom. The highest BCUT2D eigenvalue weighted by molar-refractivity contribution is 5.88. The van der Waals surface area contributed by atoms with Gasteiger partial charge in [0.15, 0.2) is 28.6 Å². The van der Waals surface area contributed by atoms with Gasteiger partial charge in [0.25, 0.3) is 0 Å². The minimum Gasteiger partial charge on any atom is -0.504 e. The summed E-state index contributed by atoms with van der Waals surface area (Å²) in [5.41, 5.74) is -1.56. The van der Waals surface area contributed by atoms with E-state index in [0.29, 0.717) is 17.5 Å². The minimum atomic E-state index is -2.25. The van der Waals surface area contributed by atoms with E-state index in [1.807, 2.05) is 6.92 Å². The largest absolute Gasteiger partial charge is 0.504 e. The predicted molar refractivity (Wildman–Crippen MR) is 143 cm³/mol. The van der Waals surface area contributed by atoms with Crippen LogP contribution < -0.4 is 0 Å². The van der Waals surface area contributed by atoms with E-state index in [1.54, 1.807) is 0 Å². The molecule has 0 bridgehead atoms. The fourth-order valence-corrected chi connectivity index (χ4v) is 4.06. The van der Waals surface area contributed by atoms with E-state index in [0.717, 1.165) is 18.6 Å². The molecule has 0 spiro atoms. The van der Waals surface area contributed by atoms with Crippen molar-refractivity contribution in [3.05, 3.63) is 59.7 Å². The van der Waals surface area contributed by atoms with Gasteiger partial charge in [0, 0.05) is 25.0 Å². The number of aromatic hydroxyl groups is 4. The van der Waals surface area contributed by atoms with E-state index in [9.17, 15) is 45.0 Å². The molecule has 220 valence electrons. The molecule has 1 fully saturated rings. The monoisotopic (exact) mass is 572 g/mol. The number of rotatable bonds is 10. The summed E-state index contributed by atoms with van der Waals surface area (Å²) in [5, 5.41) is 60.1. The number of esters is 3. The molecule has 1 saturated carbocycles. The molecule has 41 heavy (non-hydrogen) atoms. The number of carbonyl (C=O) groups is 3. The number of phenols is 4. The fraction of sp³-hybridized carbons (Fsp3) is 0.345. The van der Waals surface area contributed by atoms with Crippen molar-refractivity contribution in [2.75, 3.05) is 6.61 Å². The van der Waals surface area contributed by atoms with Gasteiger partial charge >= 0.3 is 17.9 Å². The molecule has 0 aliphatic heterocycles. The second-order valence-corrected chi connectivity index (χ2v) is 9.53. The molecule has 12 nitrogen and oxygen atoms in total. The molecule has 0 heterocycles. The number of unbranched alkanes of at least 4 members (excludes halogenated alkanes) is 1. The van der Waals surface area contributed by atoms with E-state index < -0.39 is 66.2 Å². The Labute approximate surface area is 235 Å². The number of carbonyl (C=O) groups excluding carboxylic acids is 3. The van der Waals surface area contributed by atoms with Crippen LogP contribution in [0.2, 0.25) is 0 Å². The van der Waals surface area contributed by atoms with Crippen molar-refractivity contribution in [2.45, 2.75) is 56.5 Å². The zero-order valence-electron chi connectivity index (χ0n) is 22.2. The topological polar surface area (TPSA) is 200 Å². The summed E-state index contributed by atoms with van der Waals surface area (Å²) in [6.45, 7) is 1.91. The lowest BCUT2D eigenvalue weighted by atomic mass is 9.79. The van der Waals surface area contributed by atoms with Gasteiger partial charge in [-0.3, -0.25) is 0 Å². The average Bonchev–Trinajstić information content (AvgIpc) is 2.92. The summed E-state index contributed by atoms with van der Waals surface area (Å²) in [4.78, 5) is 37.8. The van der Waals surface area contributed by atoms with Gasteiger partial charge in [0.05, 0.1) is 6.61 Å². The molecule has 2 unspecified atom stereocenters. The van der Waals surface area contributed by atoms with Crippen LogP contribution in [0.15, 0.2) is 48.6 Å². The van der Waals surface area contributed by atoms with Crippen molar-refractivity contribution in [1.82, 2.24) is 0 Å². The first-order chi connectivity index (χ1) is 19.4. The summed E-state index contributed by atoms with van der Waals surface area (Å²) in [7, 11) is 0. The van der Waals surface area contributed by atoms with Gasteiger partial charge < -0.3 is 44.8 Å². The van der Waals surface area contributed by atoms with Crippen molar-refractivity contribution in [2.24, 2.45) is 0 Å². The van der Waals surface area contributed by atoms with Gasteiger partial charge in [-0.25, -0.2) is 14.4 Å². The average molecular weight is 573 g/mol. The van der Waals surface area contributed by atoms with Gasteiger partial charge in [0.2, 0.25) is 0 Å². The Morgan fingerprint density at radius 1 is 0.829 bits per heavy atom. The normalized spacial score (nSPS) is 22.5. The zero-order valence-corrected chi connectivity index (χ0v) is 22.2. The van der Waals surface area contributed by atoms with Crippen molar-refractivity contribution < 1.29 is 59.2 Å². The molecule has 0 aromatic heterocycles. The summed E-state index contributed by atoms with van der Waals surface area (Å²) < 4.78 is 15.8. The third kappa shape index (κ3) is 8.47. The van der Waals surface area contributed by atoms with Gasteiger partial charge in [0.1, 0.15) is 18.3 Å². The number of aliphatic hydroxyl groups excluding tert-OH is 1. The molecule has 6 N–H and O–H groups in total. The van der Waals surface area contributed by atoms with Crippen LogP contribution in [0.4, 0.5) is 0 Å². The van der Waals surface area contributed by atoms with Gasteiger partial charge in [-0.1, -0.05) is 25.5 Å². The zero-order chi connectivity index (χ0) is 30.2. The molecule has 4 atom stereocenters. The lowest BCUT2D eigenvalue weighted by Crippen LogP contribution is -2.58. The van der Waals surface area contributed by atoms with Gasteiger partial charge in [-0.2, -0.15) is 0 Å². The van der Waals surface area contributed by atoms with Crippen molar-refractivity contribution in [1.29, 1.82) is 0 Å². The summed E-state index contributed by atoms with van der Waals surface area (Å²) >= 11 is 0. The highest BCUT2D eigenvalue weighted by Gasteiger charge is 2.53. The number of hydrogen-bond acceptors (Lipinski definition) is 12. The van der Waals surface area contributed by atoms with E-state index in [1.165, 1.54) is 48.6 Å². The van der Waals surface area contributed by atoms with Gasteiger partial charge in [-0.15, -0.1) is 0 Å². The Bertz CT molecular complexity index is 1230. The Morgan fingerprint density at radius 2 is 1.29 bits per heavy atom. The second-order valence-electron chi connectivity index (χ2n) is 9.53. The predicted octanol–water partition coefficient (Wildman–Crippen LogP) is 2.29. The highest BCUT2D eigenvalue weighted by atomic mass is 16.6. The number of aliphatic hydroxyl groups is 2. The third-order valence-corrected chi connectivity index (χ3v) is 6.31. The molecule has 12 heteroatoms. The molecule has 1 aliphatic rings. The van der Waals surface area contributed by atoms with Crippen LogP contribution in [0.5, 0.6) is 23.0 Å². The summed E-state index contributed by atoms with van der Waals surface area (Å²) in [5.74, 6) is -4.48. The van der Waals surface area contributed by atoms with E-state index >= 15 is 0 Å². The van der Waals surface area contributed by atoms with Crippen molar-refractivity contribution >= 4 is 30.1 Å². The third-order valence-electron chi connectivity index (χ3n) is 6.31. The van der Waals surface area contributed by atoms with Gasteiger partial charge in [-0.05, 0) is 54.0 Å². The Balaban J connectivity index is 1.76.